The molecule has 30 heavy (non-hydrogen) atoms. The van der Waals surface area contributed by atoms with Gasteiger partial charge in [0.2, 0.25) is 0 Å². The molecule has 4 rings (SSSR count). The van der Waals surface area contributed by atoms with Crippen LogP contribution < -0.4 is 5.32 Å². The van der Waals surface area contributed by atoms with Gasteiger partial charge in [-0.05, 0) is 29.7 Å². The molecule has 0 amide bonds. The Balaban J connectivity index is 1.41. The summed E-state index contributed by atoms with van der Waals surface area (Å²) in [5.74, 6) is 0.455. The van der Waals surface area contributed by atoms with E-state index in [1.165, 1.54) is 29.3 Å². The van der Waals surface area contributed by atoms with Crippen LogP contribution in [0.4, 0.5) is 11.5 Å². The number of rotatable bonds is 6. The third-order valence-electron chi connectivity index (χ3n) is 5.32. The van der Waals surface area contributed by atoms with Crippen molar-refractivity contribution in [2.24, 2.45) is 0 Å². The fourth-order valence-corrected chi connectivity index (χ4v) is 3.81. The fourth-order valence-electron chi connectivity index (χ4n) is 3.81. The second-order valence-corrected chi connectivity index (χ2v) is 7.41. The lowest BCUT2D eigenvalue weighted by atomic mass is 10.00. The number of aliphatic hydroxyl groups is 1. The predicted molar refractivity (Wildman–Crippen MR) is 113 cm³/mol. The lowest BCUT2D eigenvalue weighted by molar-refractivity contribution is -0.384. The Kier molecular flexibility index (Phi) is 5.57. The van der Waals surface area contributed by atoms with E-state index in [1.807, 2.05) is 6.07 Å². The van der Waals surface area contributed by atoms with E-state index >= 15 is 0 Å². The number of non-ortho nitro benzene ring substituents is 1. The predicted octanol–water partition coefficient (Wildman–Crippen LogP) is 2.85. The molecule has 0 spiro atoms. The van der Waals surface area contributed by atoms with Crippen molar-refractivity contribution in [1.29, 1.82) is 5.26 Å². The standard InChI is InChI=1S/C22H21N5O3/c23-11-17-9-22(25-21-6-5-18(27(29)30)10-20(17)21)24-12-19(28)14-26-8-7-15-3-1-2-4-16(15)13-26/h1-6,9-10,19,28H,7-8,12-14H2,(H,24,25). The van der Waals surface area contributed by atoms with Gasteiger partial charge in [0.15, 0.2) is 0 Å². The average Bonchev–Trinajstić information content (AvgIpc) is 2.76. The molecule has 1 aliphatic rings. The summed E-state index contributed by atoms with van der Waals surface area (Å²) >= 11 is 0. The summed E-state index contributed by atoms with van der Waals surface area (Å²) in [7, 11) is 0. The maximum atomic E-state index is 11.0. The maximum absolute atomic E-state index is 11.0. The van der Waals surface area contributed by atoms with Crippen molar-refractivity contribution in [2.45, 2.75) is 19.1 Å². The summed E-state index contributed by atoms with van der Waals surface area (Å²) in [5, 5.41) is 34.4. The Morgan fingerprint density at radius 1 is 1.27 bits per heavy atom. The molecule has 8 nitrogen and oxygen atoms in total. The number of benzene rings is 2. The zero-order chi connectivity index (χ0) is 21.1. The summed E-state index contributed by atoms with van der Waals surface area (Å²) < 4.78 is 0. The molecule has 8 heteroatoms. The largest absolute Gasteiger partial charge is 0.390 e. The average molecular weight is 403 g/mol. The van der Waals surface area contributed by atoms with E-state index in [1.54, 1.807) is 6.07 Å². The molecule has 1 aromatic heterocycles. The van der Waals surface area contributed by atoms with Crippen molar-refractivity contribution in [3.63, 3.8) is 0 Å². The molecule has 2 heterocycles. The number of fused-ring (bicyclic) bond motifs is 2. The minimum Gasteiger partial charge on any atom is -0.390 e. The van der Waals surface area contributed by atoms with E-state index in [-0.39, 0.29) is 12.2 Å². The second kappa shape index (κ2) is 8.45. The van der Waals surface area contributed by atoms with Gasteiger partial charge in [0.1, 0.15) is 5.82 Å². The van der Waals surface area contributed by atoms with E-state index in [9.17, 15) is 20.5 Å². The Labute approximate surface area is 173 Å². The maximum Gasteiger partial charge on any atom is 0.270 e. The first-order chi connectivity index (χ1) is 14.5. The fraction of sp³-hybridized carbons (Fsp3) is 0.273. The Bertz CT molecular complexity index is 1140. The highest BCUT2D eigenvalue weighted by atomic mass is 16.6. The summed E-state index contributed by atoms with van der Waals surface area (Å²) in [6, 6.07) is 16.2. The van der Waals surface area contributed by atoms with Crippen LogP contribution in [0.5, 0.6) is 0 Å². The molecular weight excluding hydrogens is 382 g/mol. The summed E-state index contributed by atoms with van der Waals surface area (Å²) in [6.07, 6.45) is 0.371. The number of nitrogens with zero attached hydrogens (tertiary/aromatic N) is 4. The summed E-state index contributed by atoms with van der Waals surface area (Å²) in [4.78, 5) is 17.1. The van der Waals surface area contributed by atoms with Crippen LogP contribution in [0.15, 0.2) is 48.5 Å². The number of nitro benzene ring substituents is 1. The van der Waals surface area contributed by atoms with Crippen LogP contribution in [0.25, 0.3) is 10.9 Å². The first-order valence-corrected chi connectivity index (χ1v) is 9.74. The van der Waals surface area contributed by atoms with Crippen molar-refractivity contribution in [3.8, 4) is 6.07 Å². The number of hydrogen-bond donors (Lipinski definition) is 2. The molecule has 2 aromatic carbocycles. The molecule has 0 saturated heterocycles. The normalized spacial score (nSPS) is 14.7. The number of nitrogens with one attached hydrogen (secondary N) is 1. The molecule has 0 aliphatic carbocycles. The van der Waals surface area contributed by atoms with Gasteiger partial charge in [0.25, 0.3) is 5.69 Å². The minimum atomic E-state index is -0.602. The number of aliphatic hydroxyl groups excluding tert-OH is 1. The molecule has 0 saturated carbocycles. The van der Waals surface area contributed by atoms with Crippen LogP contribution in [-0.4, -0.2) is 45.7 Å². The second-order valence-electron chi connectivity index (χ2n) is 7.41. The van der Waals surface area contributed by atoms with Crippen molar-refractivity contribution >= 4 is 22.4 Å². The van der Waals surface area contributed by atoms with Gasteiger partial charge in [0.05, 0.1) is 28.2 Å². The van der Waals surface area contributed by atoms with Gasteiger partial charge in [-0.2, -0.15) is 5.26 Å². The molecule has 1 atom stereocenters. The number of nitriles is 1. The number of anilines is 1. The van der Waals surface area contributed by atoms with Gasteiger partial charge in [-0.15, -0.1) is 0 Å². The number of β-amino-alcohol motifs (C(OH)–C–C–N with tert-alkyl or cyclic N) is 1. The molecule has 0 fully saturated rings. The van der Waals surface area contributed by atoms with Gasteiger partial charge in [-0.1, -0.05) is 24.3 Å². The summed E-state index contributed by atoms with van der Waals surface area (Å²) in [6.45, 7) is 2.54. The van der Waals surface area contributed by atoms with E-state index < -0.39 is 11.0 Å². The van der Waals surface area contributed by atoms with Crippen molar-refractivity contribution in [2.75, 3.05) is 25.0 Å². The van der Waals surface area contributed by atoms with Gasteiger partial charge >= 0.3 is 0 Å². The monoisotopic (exact) mass is 403 g/mol. The highest BCUT2D eigenvalue weighted by molar-refractivity contribution is 5.88. The van der Waals surface area contributed by atoms with Crippen LogP contribution in [-0.2, 0) is 13.0 Å². The number of pyridine rings is 1. The lowest BCUT2D eigenvalue weighted by Crippen LogP contribution is -2.39. The minimum absolute atomic E-state index is 0.0833. The topological polar surface area (TPSA) is 115 Å². The van der Waals surface area contributed by atoms with Crippen LogP contribution in [0.2, 0.25) is 0 Å². The van der Waals surface area contributed by atoms with Crippen molar-refractivity contribution in [3.05, 3.63) is 75.3 Å². The van der Waals surface area contributed by atoms with E-state index in [4.69, 9.17) is 0 Å². The van der Waals surface area contributed by atoms with Gasteiger partial charge < -0.3 is 10.4 Å². The highest BCUT2D eigenvalue weighted by Gasteiger charge is 2.18. The summed E-state index contributed by atoms with van der Waals surface area (Å²) in [5.41, 5.74) is 3.37. The van der Waals surface area contributed by atoms with Crippen LogP contribution in [0, 0.1) is 21.4 Å². The first-order valence-electron chi connectivity index (χ1n) is 9.74. The molecule has 1 unspecified atom stereocenters. The molecule has 1 aliphatic heterocycles. The quantitative estimate of drug-likeness (QED) is 0.480. The lowest BCUT2D eigenvalue weighted by Gasteiger charge is -2.30. The zero-order valence-corrected chi connectivity index (χ0v) is 16.3. The zero-order valence-electron chi connectivity index (χ0n) is 16.3. The van der Waals surface area contributed by atoms with Gasteiger partial charge in [0, 0.05) is 43.7 Å². The third-order valence-corrected chi connectivity index (χ3v) is 5.32. The molecule has 2 N–H and O–H groups in total. The number of aromatic nitrogens is 1. The molecule has 3 aromatic rings. The van der Waals surface area contributed by atoms with Crippen molar-refractivity contribution in [1.82, 2.24) is 9.88 Å². The Morgan fingerprint density at radius 3 is 2.83 bits per heavy atom. The molecule has 152 valence electrons. The van der Waals surface area contributed by atoms with E-state index in [0.717, 1.165) is 19.5 Å². The van der Waals surface area contributed by atoms with Gasteiger partial charge in [-0.25, -0.2) is 4.98 Å². The third kappa shape index (κ3) is 4.22. The highest BCUT2D eigenvalue weighted by Crippen LogP contribution is 2.25. The SMILES string of the molecule is N#Cc1cc(NCC(O)CN2CCc3ccccc3C2)nc2ccc([N+](=O)[O-])cc12. The van der Waals surface area contributed by atoms with E-state index in [2.05, 4.69) is 39.5 Å². The number of nitro groups is 1. The Hall–Kier alpha value is -3.54. The smallest absolute Gasteiger partial charge is 0.270 e. The van der Waals surface area contributed by atoms with Crippen LogP contribution in [0.3, 0.4) is 0 Å². The van der Waals surface area contributed by atoms with Gasteiger partial charge in [-0.3, -0.25) is 15.0 Å². The Morgan fingerprint density at radius 2 is 2.07 bits per heavy atom. The van der Waals surface area contributed by atoms with Crippen LogP contribution in [0.1, 0.15) is 16.7 Å². The first kappa shape index (κ1) is 19.8. The molecule has 0 radical (unpaired) electrons. The van der Waals surface area contributed by atoms with Crippen molar-refractivity contribution < 1.29 is 10.0 Å². The van der Waals surface area contributed by atoms with E-state index in [0.29, 0.717) is 28.8 Å². The molecule has 0 bridgehead atoms. The van der Waals surface area contributed by atoms with Crippen LogP contribution >= 0.6 is 0 Å². The number of hydrogen-bond acceptors (Lipinski definition) is 7. The molecular formula is C22H21N5O3.